The van der Waals surface area contributed by atoms with Crippen molar-refractivity contribution in [2.24, 2.45) is 0 Å². The van der Waals surface area contributed by atoms with E-state index in [1.54, 1.807) is 0 Å². The van der Waals surface area contributed by atoms with Crippen molar-refractivity contribution in [2.75, 3.05) is 13.6 Å². The molecule has 0 saturated heterocycles. The molecule has 0 spiro atoms. The van der Waals surface area contributed by atoms with Crippen LogP contribution < -0.4 is 0 Å². The van der Waals surface area contributed by atoms with E-state index in [0.717, 1.165) is 12.1 Å². The summed E-state index contributed by atoms with van der Waals surface area (Å²) in [7, 11) is 2.00. The van der Waals surface area contributed by atoms with Gasteiger partial charge in [0.25, 0.3) is 0 Å². The van der Waals surface area contributed by atoms with E-state index >= 15 is 0 Å². The van der Waals surface area contributed by atoms with Crippen molar-refractivity contribution in [3.05, 3.63) is 83.4 Å². The zero-order valence-corrected chi connectivity index (χ0v) is 16.1. The van der Waals surface area contributed by atoms with Crippen molar-refractivity contribution in [3.8, 4) is 0 Å². The molecule has 0 aliphatic carbocycles. The van der Waals surface area contributed by atoms with Crippen LogP contribution in [-0.4, -0.2) is 24.3 Å². The first kappa shape index (κ1) is 18.3. The fourth-order valence-corrected chi connectivity index (χ4v) is 3.27. The van der Waals surface area contributed by atoms with Gasteiger partial charge in [-0.1, -0.05) is 87.5 Å². The Labute approximate surface area is 156 Å². The van der Waals surface area contributed by atoms with E-state index in [4.69, 9.17) is 0 Å². The van der Waals surface area contributed by atoms with Gasteiger partial charge in [0.15, 0.2) is 5.78 Å². The second-order valence-corrected chi connectivity index (χ2v) is 8.06. The number of hydrogen-bond donors (Lipinski definition) is 0. The average molecular weight is 345 g/mol. The molecule has 0 bridgehead atoms. The van der Waals surface area contributed by atoms with E-state index in [1.165, 1.54) is 21.9 Å². The molecule has 0 aliphatic heterocycles. The molecule has 0 radical (unpaired) electrons. The summed E-state index contributed by atoms with van der Waals surface area (Å²) in [6.45, 7) is 7.72. The van der Waals surface area contributed by atoms with E-state index in [9.17, 15) is 4.79 Å². The highest BCUT2D eigenvalue weighted by molar-refractivity contribution is 5.97. The summed E-state index contributed by atoms with van der Waals surface area (Å²) < 4.78 is 0. The Morgan fingerprint density at radius 3 is 2.23 bits per heavy atom. The molecule has 0 amide bonds. The highest BCUT2D eigenvalue weighted by atomic mass is 16.1. The van der Waals surface area contributed by atoms with Crippen LogP contribution in [-0.2, 0) is 12.0 Å². The summed E-state index contributed by atoms with van der Waals surface area (Å²) in [6.07, 6.45) is 0. The van der Waals surface area contributed by atoms with Gasteiger partial charge in [-0.05, 0) is 34.4 Å². The topological polar surface area (TPSA) is 20.3 Å². The fraction of sp³-hybridized carbons (Fsp3) is 0.292. The van der Waals surface area contributed by atoms with Gasteiger partial charge in [0, 0.05) is 12.1 Å². The molecular formula is C24H27NO. The van der Waals surface area contributed by atoms with Crippen molar-refractivity contribution in [3.63, 3.8) is 0 Å². The molecule has 0 aliphatic rings. The summed E-state index contributed by atoms with van der Waals surface area (Å²) in [5.41, 5.74) is 3.38. The lowest BCUT2D eigenvalue weighted by atomic mass is 9.86. The molecule has 3 aromatic rings. The van der Waals surface area contributed by atoms with Gasteiger partial charge >= 0.3 is 0 Å². The number of benzene rings is 3. The summed E-state index contributed by atoms with van der Waals surface area (Å²) in [4.78, 5) is 14.7. The van der Waals surface area contributed by atoms with E-state index in [-0.39, 0.29) is 11.2 Å². The normalized spacial score (nSPS) is 11.9. The lowest BCUT2D eigenvalue weighted by Crippen LogP contribution is -2.25. The maximum atomic E-state index is 12.6. The molecule has 0 atom stereocenters. The molecule has 26 heavy (non-hydrogen) atoms. The number of carbonyl (C=O) groups excluding carboxylic acids is 1. The Bertz CT molecular complexity index is 898. The van der Waals surface area contributed by atoms with Gasteiger partial charge in [-0.15, -0.1) is 0 Å². The molecule has 0 unspecified atom stereocenters. The summed E-state index contributed by atoms with van der Waals surface area (Å²) in [5, 5.41) is 2.49. The second-order valence-electron chi connectivity index (χ2n) is 8.06. The molecule has 0 heterocycles. The smallest absolute Gasteiger partial charge is 0.176 e. The predicted molar refractivity (Wildman–Crippen MR) is 110 cm³/mol. The fourth-order valence-electron chi connectivity index (χ4n) is 3.27. The molecule has 0 saturated carbocycles. The van der Waals surface area contributed by atoms with Crippen LogP contribution in [0.4, 0.5) is 0 Å². The largest absolute Gasteiger partial charge is 0.295 e. The van der Waals surface area contributed by atoms with Crippen LogP contribution in [0.5, 0.6) is 0 Å². The predicted octanol–water partition coefficient (Wildman–Crippen LogP) is 5.45. The SMILES string of the molecule is CN(CC(=O)c1ccc(C(C)(C)C)cc1)Cc1cccc2ccccc12. The maximum Gasteiger partial charge on any atom is 0.176 e. The highest BCUT2D eigenvalue weighted by Gasteiger charge is 2.15. The number of fused-ring (bicyclic) bond motifs is 1. The Kier molecular flexibility index (Phi) is 5.24. The monoisotopic (exact) mass is 345 g/mol. The number of likely N-dealkylation sites (N-methyl/N-ethyl adjacent to an activating group) is 1. The van der Waals surface area contributed by atoms with Gasteiger partial charge in [-0.2, -0.15) is 0 Å². The Morgan fingerprint density at radius 1 is 0.885 bits per heavy atom. The van der Waals surface area contributed by atoms with Gasteiger partial charge in [0.1, 0.15) is 0 Å². The number of nitrogens with zero attached hydrogens (tertiary/aromatic N) is 1. The number of hydrogen-bond acceptors (Lipinski definition) is 2. The van der Waals surface area contributed by atoms with Crippen LogP contribution in [0.1, 0.15) is 42.3 Å². The minimum absolute atomic E-state index is 0.104. The third kappa shape index (κ3) is 4.20. The summed E-state index contributed by atoms with van der Waals surface area (Å²) in [6, 6.07) is 22.8. The third-order valence-electron chi connectivity index (χ3n) is 4.81. The van der Waals surface area contributed by atoms with E-state index in [1.807, 2.05) is 19.2 Å². The van der Waals surface area contributed by atoms with Crippen molar-refractivity contribution < 1.29 is 4.79 Å². The lowest BCUT2D eigenvalue weighted by Gasteiger charge is -2.20. The van der Waals surface area contributed by atoms with Crippen molar-refractivity contribution in [1.82, 2.24) is 4.90 Å². The van der Waals surface area contributed by atoms with Gasteiger partial charge in [0.05, 0.1) is 6.54 Å². The van der Waals surface area contributed by atoms with Crippen LogP contribution >= 0.6 is 0 Å². The summed E-state index contributed by atoms with van der Waals surface area (Å²) in [5.74, 6) is 0.160. The Hall–Kier alpha value is -2.45. The van der Waals surface area contributed by atoms with Crippen LogP contribution in [0.3, 0.4) is 0 Å². The molecule has 2 nitrogen and oxygen atoms in total. The van der Waals surface area contributed by atoms with Crippen LogP contribution in [0, 0.1) is 0 Å². The second kappa shape index (κ2) is 7.43. The molecule has 3 rings (SSSR count). The molecule has 0 N–H and O–H groups in total. The minimum Gasteiger partial charge on any atom is -0.295 e. The molecular weight excluding hydrogens is 318 g/mol. The molecule has 134 valence electrons. The third-order valence-corrected chi connectivity index (χ3v) is 4.81. The van der Waals surface area contributed by atoms with Gasteiger partial charge < -0.3 is 0 Å². The Morgan fingerprint density at radius 2 is 1.54 bits per heavy atom. The van der Waals surface area contributed by atoms with E-state index in [0.29, 0.717) is 6.54 Å². The van der Waals surface area contributed by atoms with Crippen LogP contribution in [0.15, 0.2) is 66.7 Å². The average Bonchev–Trinajstić information content (AvgIpc) is 2.61. The number of ketones is 1. The van der Waals surface area contributed by atoms with Crippen LogP contribution in [0.25, 0.3) is 10.8 Å². The first-order chi connectivity index (χ1) is 12.3. The van der Waals surface area contributed by atoms with Crippen molar-refractivity contribution in [1.29, 1.82) is 0 Å². The summed E-state index contributed by atoms with van der Waals surface area (Å²) >= 11 is 0. The molecule has 0 fully saturated rings. The quantitative estimate of drug-likeness (QED) is 0.573. The minimum atomic E-state index is 0.104. The maximum absolute atomic E-state index is 12.6. The van der Waals surface area contributed by atoms with Gasteiger partial charge in [-0.25, -0.2) is 0 Å². The number of carbonyl (C=O) groups is 1. The zero-order chi connectivity index (χ0) is 18.7. The van der Waals surface area contributed by atoms with Crippen molar-refractivity contribution >= 4 is 16.6 Å². The molecule has 0 aromatic heterocycles. The first-order valence-electron chi connectivity index (χ1n) is 9.13. The van der Waals surface area contributed by atoms with Gasteiger partial charge in [-0.3, -0.25) is 9.69 Å². The first-order valence-corrected chi connectivity index (χ1v) is 9.13. The van der Waals surface area contributed by atoms with E-state index < -0.39 is 0 Å². The Balaban J connectivity index is 1.69. The standard InChI is InChI=1S/C24H27NO/c1-24(2,3)21-14-12-19(13-15-21)23(26)17-25(4)16-20-10-7-9-18-8-5-6-11-22(18)20/h5-15H,16-17H2,1-4H3. The highest BCUT2D eigenvalue weighted by Crippen LogP contribution is 2.23. The van der Waals surface area contributed by atoms with Gasteiger partial charge in [0.2, 0.25) is 0 Å². The molecule has 3 aromatic carbocycles. The zero-order valence-electron chi connectivity index (χ0n) is 16.1. The van der Waals surface area contributed by atoms with Crippen LogP contribution in [0.2, 0.25) is 0 Å². The van der Waals surface area contributed by atoms with E-state index in [2.05, 4.69) is 80.3 Å². The number of Topliss-reactive ketones (excluding diaryl/α,β-unsaturated/α-hetero) is 1. The lowest BCUT2D eigenvalue weighted by molar-refractivity contribution is 0.0943. The number of rotatable bonds is 5. The molecule has 2 heteroatoms. The van der Waals surface area contributed by atoms with Crippen molar-refractivity contribution in [2.45, 2.75) is 32.7 Å².